The minimum Gasteiger partial charge on any atom is -0.326 e. The zero-order valence-electron chi connectivity index (χ0n) is 14.9. The topological polar surface area (TPSA) is 87.3 Å². The van der Waals surface area contributed by atoms with E-state index in [-0.39, 0.29) is 24.2 Å². The molecule has 2 rings (SSSR count). The molecule has 0 unspecified atom stereocenters. The fraction of sp³-hybridized carbons (Fsp3) is 0.250. The van der Waals surface area contributed by atoms with Crippen LogP contribution in [0, 0.1) is 5.92 Å². The predicted molar refractivity (Wildman–Crippen MR) is 100 cm³/mol. The number of nitrogens with one attached hydrogen (secondary N) is 3. The highest BCUT2D eigenvalue weighted by Gasteiger charge is 2.09. The van der Waals surface area contributed by atoms with Gasteiger partial charge in [0.2, 0.25) is 11.8 Å². The molecule has 0 aliphatic carbocycles. The molecule has 3 N–H and O–H groups in total. The molecule has 0 saturated carbocycles. The van der Waals surface area contributed by atoms with E-state index in [1.807, 2.05) is 44.2 Å². The van der Waals surface area contributed by atoms with Gasteiger partial charge in [0.05, 0.1) is 6.42 Å². The third-order valence-electron chi connectivity index (χ3n) is 3.55. The maximum atomic E-state index is 12.1. The summed E-state index contributed by atoms with van der Waals surface area (Å²) in [5.41, 5.74) is 6.64. The number of amides is 3. The molecular formula is C20H23N3O3. The number of hydrazine groups is 1. The van der Waals surface area contributed by atoms with Crippen LogP contribution in [0.25, 0.3) is 0 Å². The summed E-state index contributed by atoms with van der Waals surface area (Å²) in [5, 5.41) is 2.78. The van der Waals surface area contributed by atoms with E-state index in [9.17, 15) is 14.4 Å². The lowest BCUT2D eigenvalue weighted by Gasteiger charge is -2.09. The van der Waals surface area contributed by atoms with Gasteiger partial charge in [0.25, 0.3) is 5.91 Å². The molecular weight excluding hydrogens is 330 g/mol. The van der Waals surface area contributed by atoms with Crippen LogP contribution in [0.5, 0.6) is 0 Å². The quantitative estimate of drug-likeness (QED) is 0.698. The first kappa shape index (κ1) is 19.2. The maximum absolute atomic E-state index is 12.1. The third kappa shape index (κ3) is 6.39. The van der Waals surface area contributed by atoms with Crippen molar-refractivity contribution >= 4 is 23.4 Å². The first-order chi connectivity index (χ1) is 12.4. The second kappa shape index (κ2) is 9.36. The van der Waals surface area contributed by atoms with Crippen LogP contribution < -0.4 is 16.2 Å². The van der Waals surface area contributed by atoms with Crippen molar-refractivity contribution in [2.45, 2.75) is 26.7 Å². The summed E-state index contributed by atoms with van der Waals surface area (Å²) in [4.78, 5) is 35.6. The van der Waals surface area contributed by atoms with Crippen molar-refractivity contribution in [2.75, 3.05) is 5.32 Å². The van der Waals surface area contributed by atoms with Crippen molar-refractivity contribution in [3.8, 4) is 0 Å². The first-order valence-electron chi connectivity index (χ1n) is 8.47. The Morgan fingerprint density at radius 2 is 1.50 bits per heavy atom. The summed E-state index contributed by atoms with van der Waals surface area (Å²) < 4.78 is 0. The van der Waals surface area contributed by atoms with Crippen LogP contribution in [0.4, 0.5) is 5.69 Å². The van der Waals surface area contributed by atoms with Gasteiger partial charge in [-0.15, -0.1) is 0 Å². The molecule has 0 atom stereocenters. The lowest BCUT2D eigenvalue weighted by molar-refractivity contribution is -0.121. The van der Waals surface area contributed by atoms with E-state index in [1.165, 1.54) is 0 Å². The van der Waals surface area contributed by atoms with Gasteiger partial charge in [-0.25, -0.2) is 0 Å². The number of anilines is 1. The summed E-state index contributed by atoms with van der Waals surface area (Å²) >= 11 is 0. The van der Waals surface area contributed by atoms with Gasteiger partial charge >= 0.3 is 0 Å². The van der Waals surface area contributed by atoms with Crippen LogP contribution in [0.1, 0.15) is 36.2 Å². The summed E-state index contributed by atoms with van der Waals surface area (Å²) in [5.74, 6) is -0.515. The van der Waals surface area contributed by atoms with Crippen LogP contribution >= 0.6 is 0 Å². The molecule has 0 bridgehead atoms. The van der Waals surface area contributed by atoms with Crippen molar-refractivity contribution < 1.29 is 14.4 Å². The molecule has 6 nitrogen and oxygen atoms in total. The molecule has 26 heavy (non-hydrogen) atoms. The van der Waals surface area contributed by atoms with E-state index in [0.29, 0.717) is 17.7 Å². The largest absolute Gasteiger partial charge is 0.326 e. The molecule has 0 fully saturated rings. The van der Waals surface area contributed by atoms with E-state index in [0.717, 1.165) is 5.56 Å². The van der Waals surface area contributed by atoms with Gasteiger partial charge in [-0.3, -0.25) is 25.2 Å². The van der Waals surface area contributed by atoms with Crippen molar-refractivity contribution in [3.05, 3.63) is 65.7 Å². The van der Waals surface area contributed by atoms with Crippen LogP contribution in [-0.4, -0.2) is 17.7 Å². The Morgan fingerprint density at radius 3 is 2.12 bits per heavy atom. The van der Waals surface area contributed by atoms with E-state index in [2.05, 4.69) is 16.2 Å². The van der Waals surface area contributed by atoms with Gasteiger partial charge in [0.15, 0.2) is 0 Å². The van der Waals surface area contributed by atoms with Crippen molar-refractivity contribution in [1.29, 1.82) is 0 Å². The molecule has 6 heteroatoms. The number of hydrogen-bond acceptors (Lipinski definition) is 3. The van der Waals surface area contributed by atoms with Crippen LogP contribution in [0.2, 0.25) is 0 Å². The number of hydrogen-bond donors (Lipinski definition) is 3. The molecule has 2 aromatic rings. The summed E-state index contributed by atoms with van der Waals surface area (Å²) in [6, 6.07) is 15.7. The third-order valence-corrected chi connectivity index (χ3v) is 3.55. The molecule has 136 valence electrons. The fourth-order valence-electron chi connectivity index (χ4n) is 2.31. The van der Waals surface area contributed by atoms with Crippen molar-refractivity contribution in [2.24, 2.45) is 5.92 Å². The molecule has 0 aliphatic heterocycles. The minimum atomic E-state index is -0.425. The SMILES string of the molecule is CC(C)CC(=O)Nc1ccc(C(=O)NNC(=O)Cc2ccccc2)cc1. The maximum Gasteiger partial charge on any atom is 0.269 e. The van der Waals surface area contributed by atoms with E-state index in [1.54, 1.807) is 24.3 Å². The number of benzene rings is 2. The summed E-state index contributed by atoms with van der Waals surface area (Å²) in [6.07, 6.45) is 0.623. The van der Waals surface area contributed by atoms with E-state index < -0.39 is 5.91 Å². The second-order valence-corrected chi connectivity index (χ2v) is 6.39. The molecule has 2 aromatic carbocycles. The monoisotopic (exact) mass is 353 g/mol. The Labute approximate surface area is 153 Å². The average molecular weight is 353 g/mol. The summed E-state index contributed by atoms with van der Waals surface area (Å²) in [7, 11) is 0. The fourth-order valence-corrected chi connectivity index (χ4v) is 2.31. The lowest BCUT2D eigenvalue weighted by Crippen LogP contribution is -2.42. The highest BCUT2D eigenvalue weighted by Crippen LogP contribution is 2.11. The van der Waals surface area contributed by atoms with Crippen molar-refractivity contribution in [1.82, 2.24) is 10.9 Å². The molecule has 0 radical (unpaired) electrons. The highest BCUT2D eigenvalue weighted by atomic mass is 16.2. The number of carbonyl (C=O) groups excluding carboxylic acids is 3. The van der Waals surface area contributed by atoms with Gasteiger partial charge in [-0.05, 0) is 35.7 Å². The predicted octanol–water partition coefficient (Wildman–Crippen LogP) is 2.67. The van der Waals surface area contributed by atoms with Gasteiger partial charge in [0.1, 0.15) is 0 Å². The molecule has 0 heterocycles. The van der Waals surface area contributed by atoms with Crippen molar-refractivity contribution in [3.63, 3.8) is 0 Å². The smallest absolute Gasteiger partial charge is 0.269 e. The van der Waals surface area contributed by atoms with Gasteiger partial charge in [-0.1, -0.05) is 44.2 Å². The Kier molecular flexibility index (Phi) is 6.91. The second-order valence-electron chi connectivity index (χ2n) is 6.39. The summed E-state index contributed by atoms with van der Waals surface area (Å²) in [6.45, 7) is 3.94. The average Bonchev–Trinajstić information content (AvgIpc) is 2.60. The lowest BCUT2D eigenvalue weighted by atomic mass is 10.1. The van der Waals surface area contributed by atoms with Gasteiger partial charge in [0, 0.05) is 17.7 Å². The molecule has 0 spiro atoms. The van der Waals surface area contributed by atoms with E-state index >= 15 is 0 Å². The zero-order chi connectivity index (χ0) is 18.9. The Balaban J connectivity index is 1.82. The highest BCUT2D eigenvalue weighted by molar-refractivity contribution is 5.96. The van der Waals surface area contributed by atoms with Gasteiger partial charge in [-0.2, -0.15) is 0 Å². The number of rotatable bonds is 6. The Bertz CT molecular complexity index is 756. The molecule has 0 aliphatic rings. The first-order valence-corrected chi connectivity index (χ1v) is 8.47. The molecule has 0 aromatic heterocycles. The van der Waals surface area contributed by atoms with E-state index in [4.69, 9.17) is 0 Å². The standard InChI is InChI=1S/C20H23N3O3/c1-14(2)12-18(24)21-17-10-8-16(9-11-17)20(26)23-22-19(25)13-15-6-4-3-5-7-15/h3-11,14H,12-13H2,1-2H3,(H,21,24)(H,22,25)(H,23,26). The minimum absolute atomic E-state index is 0.0645. The Hall–Kier alpha value is -3.15. The van der Waals surface area contributed by atoms with Gasteiger partial charge < -0.3 is 5.32 Å². The molecule has 0 saturated heterocycles. The van der Waals surface area contributed by atoms with Crippen LogP contribution in [0.3, 0.4) is 0 Å². The Morgan fingerprint density at radius 1 is 0.846 bits per heavy atom. The zero-order valence-corrected chi connectivity index (χ0v) is 14.9. The van der Waals surface area contributed by atoms with Crippen LogP contribution in [0.15, 0.2) is 54.6 Å². The normalized spacial score (nSPS) is 10.3. The molecule has 3 amide bonds. The number of carbonyl (C=O) groups is 3. The van der Waals surface area contributed by atoms with Crippen LogP contribution in [-0.2, 0) is 16.0 Å².